The monoisotopic (exact) mass is 339 g/mol. The largest absolute Gasteiger partial charge is 3.00 e. The first-order valence-electron chi connectivity index (χ1n) is 4.42. The maximum absolute atomic E-state index is 9.35. The quantitative estimate of drug-likeness (QED) is 0.278. The Morgan fingerprint density at radius 2 is 0.800 bits per heavy atom. The third-order valence-electron chi connectivity index (χ3n) is 0.556. The fourth-order valence-corrected chi connectivity index (χ4v) is 0. The van der Waals surface area contributed by atoms with Gasteiger partial charge in [0.05, 0.1) is 17.7 Å². The minimum atomic E-state index is -2.17. The van der Waals surface area contributed by atoms with E-state index in [4.69, 9.17) is 32.3 Å². The van der Waals surface area contributed by atoms with E-state index in [0.717, 1.165) is 0 Å². The van der Waals surface area contributed by atoms with Crippen LogP contribution in [-0.4, -0.2) is 59.7 Å². The zero-order valence-corrected chi connectivity index (χ0v) is 11.3. The van der Waals surface area contributed by atoms with Gasteiger partial charge in [0.2, 0.25) is 0 Å². The summed E-state index contributed by atoms with van der Waals surface area (Å²) in [5, 5.41) is 21.5. The first kappa shape index (κ1) is 31.2. The van der Waals surface area contributed by atoms with Crippen LogP contribution < -0.4 is 17.2 Å². The SMILES string of the molecule is OB(O)O.[NH-]C(=O)CN.[NH-]C(=O)CN.[NH-]C(=O)CN.[Ni+3]. The van der Waals surface area contributed by atoms with Gasteiger partial charge in [-0.2, -0.15) is 0 Å². The van der Waals surface area contributed by atoms with Crippen molar-refractivity contribution in [2.24, 2.45) is 17.2 Å². The van der Waals surface area contributed by atoms with Gasteiger partial charge in [-0.15, -0.1) is 0 Å². The summed E-state index contributed by atoms with van der Waals surface area (Å²) in [5.41, 5.74) is 32.1. The van der Waals surface area contributed by atoms with Crippen molar-refractivity contribution < 1.29 is 45.9 Å². The second kappa shape index (κ2) is 26.3. The molecular weight excluding hydrogens is 322 g/mol. The summed E-state index contributed by atoms with van der Waals surface area (Å²) >= 11 is 0. The van der Waals surface area contributed by atoms with Gasteiger partial charge in [0, 0.05) is 19.6 Å². The number of hydrogen-bond donors (Lipinski definition) is 6. The minimum absolute atomic E-state index is 0. The van der Waals surface area contributed by atoms with Crippen molar-refractivity contribution in [1.82, 2.24) is 0 Å². The van der Waals surface area contributed by atoms with Crippen molar-refractivity contribution in [2.45, 2.75) is 0 Å². The summed E-state index contributed by atoms with van der Waals surface area (Å²) < 4.78 is 0. The first-order valence-corrected chi connectivity index (χ1v) is 4.42. The molecule has 0 bridgehead atoms. The molecule has 121 valence electrons. The maximum atomic E-state index is 9.35. The van der Waals surface area contributed by atoms with Crippen LogP contribution in [0.5, 0.6) is 0 Å². The van der Waals surface area contributed by atoms with Crippen molar-refractivity contribution in [3.05, 3.63) is 17.2 Å². The zero-order chi connectivity index (χ0) is 16.4. The van der Waals surface area contributed by atoms with E-state index in [1.165, 1.54) is 0 Å². The number of amides is 3. The van der Waals surface area contributed by atoms with Crippen LogP contribution in [0.3, 0.4) is 0 Å². The van der Waals surface area contributed by atoms with Crippen LogP contribution in [0.15, 0.2) is 0 Å². The molecule has 0 unspecified atom stereocenters. The molecular formula is C6H18BN6NiO6. The standard InChI is InChI=1S/3C2H6N2O.BH3O3.Ni/c3*3-1-2(4)5;2-1(3)4;/h3*1,3H2,(H2,4,5);2-4H;/q;;;;+3/p-3. The molecule has 0 saturated carbocycles. The van der Waals surface area contributed by atoms with Crippen LogP contribution in [0.1, 0.15) is 0 Å². The van der Waals surface area contributed by atoms with E-state index in [2.05, 4.69) is 17.2 Å². The van der Waals surface area contributed by atoms with E-state index < -0.39 is 25.0 Å². The van der Waals surface area contributed by atoms with E-state index in [9.17, 15) is 14.4 Å². The third kappa shape index (κ3) is 185. The average molecular weight is 340 g/mol. The molecule has 0 rings (SSSR count). The fraction of sp³-hybridized carbons (Fsp3) is 0.500. The zero-order valence-electron chi connectivity index (χ0n) is 10.3. The molecule has 0 aromatic carbocycles. The van der Waals surface area contributed by atoms with Gasteiger partial charge >= 0.3 is 23.8 Å². The van der Waals surface area contributed by atoms with Gasteiger partial charge < -0.3 is 63.9 Å². The number of hydrogen-bond acceptors (Lipinski definition) is 9. The van der Waals surface area contributed by atoms with E-state index in [-0.39, 0.29) is 36.1 Å². The molecule has 0 aliphatic rings. The molecule has 0 spiro atoms. The van der Waals surface area contributed by atoms with Gasteiger partial charge in [-0.25, -0.2) is 0 Å². The van der Waals surface area contributed by atoms with Gasteiger partial charge in [0.15, 0.2) is 0 Å². The molecule has 0 aliphatic heterocycles. The number of carbonyl (C=O) groups excluding carboxylic acids is 3. The maximum Gasteiger partial charge on any atom is 3.00 e. The molecule has 12 N–H and O–H groups in total. The van der Waals surface area contributed by atoms with Crippen molar-refractivity contribution in [1.29, 1.82) is 0 Å². The summed E-state index contributed by atoms with van der Waals surface area (Å²) in [6.07, 6.45) is 0. The molecule has 0 aromatic heterocycles. The van der Waals surface area contributed by atoms with Crippen molar-refractivity contribution in [2.75, 3.05) is 19.6 Å². The Balaban J connectivity index is -0.0000000494. The average Bonchev–Trinajstić information content (AvgIpc) is 2.29. The Bertz CT molecular complexity index is 210. The summed E-state index contributed by atoms with van der Waals surface area (Å²) in [4.78, 5) is 28.1. The topological polar surface area (TPSA) is 261 Å². The molecule has 1 radical (unpaired) electrons. The second-order valence-corrected chi connectivity index (χ2v) is 2.23. The summed E-state index contributed by atoms with van der Waals surface area (Å²) in [5.74, 6) is -2.15. The molecule has 0 saturated heterocycles. The van der Waals surface area contributed by atoms with Crippen LogP contribution in [0, 0.1) is 0 Å². The number of rotatable bonds is 3. The van der Waals surface area contributed by atoms with Crippen LogP contribution in [0.2, 0.25) is 0 Å². The molecule has 0 aliphatic carbocycles. The molecule has 12 nitrogen and oxygen atoms in total. The predicted octanol–water partition coefficient (Wildman–Crippen LogP) is -3.48. The summed E-state index contributed by atoms with van der Waals surface area (Å²) in [7, 11) is -2.17. The normalized spacial score (nSPS) is 6.90. The summed E-state index contributed by atoms with van der Waals surface area (Å²) in [6, 6.07) is 0. The molecule has 0 atom stereocenters. The fourth-order valence-electron chi connectivity index (χ4n) is 0. The van der Waals surface area contributed by atoms with Gasteiger partial charge in [-0.3, -0.25) is 0 Å². The molecule has 0 fully saturated rings. The number of carbonyl (C=O) groups is 3. The molecule has 0 heterocycles. The summed E-state index contributed by atoms with van der Waals surface area (Å²) in [6.45, 7) is -0.500. The van der Waals surface area contributed by atoms with Gasteiger partial charge in [-0.1, -0.05) is 0 Å². The molecule has 20 heavy (non-hydrogen) atoms. The molecule has 0 aromatic rings. The van der Waals surface area contributed by atoms with Crippen molar-refractivity contribution in [3.8, 4) is 0 Å². The van der Waals surface area contributed by atoms with E-state index in [0.29, 0.717) is 0 Å². The predicted molar refractivity (Wildman–Crippen MR) is 67.6 cm³/mol. The number of nitrogens with two attached hydrogens (primary N) is 3. The first-order chi connectivity index (χ1) is 8.54. The molecule has 3 amide bonds. The Morgan fingerprint density at radius 1 is 0.750 bits per heavy atom. The van der Waals surface area contributed by atoms with Crippen LogP contribution in [-0.2, 0) is 30.9 Å². The Morgan fingerprint density at radius 3 is 0.800 bits per heavy atom. The van der Waals surface area contributed by atoms with Gasteiger partial charge in [0.25, 0.3) is 0 Å². The van der Waals surface area contributed by atoms with E-state index in [1.54, 1.807) is 0 Å². The van der Waals surface area contributed by atoms with Crippen LogP contribution >= 0.6 is 0 Å². The number of nitrogens with one attached hydrogen (secondary N) is 3. The van der Waals surface area contributed by atoms with Gasteiger partial charge in [0.1, 0.15) is 0 Å². The Kier molecular flexibility index (Phi) is 41.1. The third-order valence-corrected chi connectivity index (χ3v) is 0.556. The minimum Gasteiger partial charge on any atom is -0.667 e. The smallest absolute Gasteiger partial charge is 0.667 e. The van der Waals surface area contributed by atoms with E-state index >= 15 is 0 Å². The Labute approximate surface area is 125 Å². The molecule has 14 heteroatoms. The second-order valence-electron chi connectivity index (χ2n) is 2.23. The van der Waals surface area contributed by atoms with Gasteiger partial charge in [-0.05, 0) is 0 Å². The van der Waals surface area contributed by atoms with Crippen LogP contribution in [0.4, 0.5) is 0 Å². The van der Waals surface area contributed by atoms with E-state index in [1.807, 2.05) is 0 Å². The van der Waals surface area contributed by atoms with Crippen molar-refractivity contribution >= 4 is 25.0 Å². The Hall–Kier alpha value is -1.27. The van der Waals surface area contributed by atoms with Crippen molar-refractivity contribution in [3.63, 3.8) is 0 Å². The van der Waals surface area contributed by atoms with Crippen LogP contribution in [0.25, 0.3) is 17.2 Å².